The van der Waals surface area contributed by atoms with Crippen LogP contribution in [0.1, 0.15) is 15.9 Å². The summed E-state index contributed by atoms with van der Waals surface area (Å²) in [6.45, 7) is 2.02. The van der Waals surface area contributed by atoms with Crippen molar-refractivity contribution >= 4 is 34.4 Å². The predicted molar refractivity (Wildman–Crippen MR) is 81.1 cm³/mol. The fourth-order valence-electron chi connectivity index (χ4n) is 1.68. The van der Waals surface area contributed by atoms with E-state index in [0.717, 1.165) is 5.56 Å². The topological polar surface area (TPSA) is 45.9 Å². The first kappa shape index (κ1) is 15.7. The minimum absolute atomic E-state index is 0. The molecule has 3 nitrogen and oxygen atoms in total. The lowest BCUT2D eigenvalue weighted by Gasteiger charge is -2.07. The van der Waals surface area contributed by atoms with Gasteiger partial charge in [0.2, 0.25) is 0 Å². The number of Topliss-reactive ketones (excluding diaryl/α,β-unsaturated/α-hetero) is 1. The standard InChI is InChI=1S/C14H13ClN2O.BrH/c1-10-3-2-8-17(14(10)16)9-13(18)11-4-6-12(15)7-5-11;/h2-8,16H,9H2,1H3;1H. The maximum absolute atomic E-state index is 12.0. The van der Waals surface area contributed by atoms with Gasteiger partial charge in [-0.2, -0.15) is 0 Å². The van der Waals surface area contributed by atoms with Gasteiger partial charge in [0.1, 0.15) is 5.49 Å². The van der Waals surface area contributed by atoms with Gasteiger partial charge in [0, 0.05) is 16.8 Å². The van der Waals surface area contributed by atoms with Crippen LogP contribution in [0.4, 0.5) is 0 Å². The summed E-state index contributed by atoms with van der Waals surface area (Å²) in [7, 11) is 0. The van der Waals surface area contributed by atoms with E-state index in [2.05, 4.69) is 0 Å². The normalized spacial score (nSPS) is 9.79. The molecule has 1 aromatic carbocycles. The molecule has 2 aromatic rings. The molecule has 100 valence electrons. The second-order valence-corrected chi connectivity index (χ2v) is 4.53. The number of nitrogens with zero attached hydrogens (tertiary/aromatic N) is 1. The highest BCUT2D eigenvalue weighted by molar-refractivity contribution is 8.93. The summed E-state index contributed by atoms with van der Waals surface area (Å²) < 4.78 is 1.63. The van der Waals surface area contributed by atoms with Crippen LogP contribution in [0.5, 0.6) is 0 Å². The molecule has 0 aliphatic heterocycles. The Hall–Kier alpha value is -1.39. The third kappa shape index (κ3) is 3.78. The minimum atomic E-state index is -0.0317. The van der Waals surface area contributed by atoms with Crippen LogP contribution < -0.4 is 5.49 Å². The van der Waals surface area contributed by atoms with Crippen molar-refractivity contribution in [1.29, 1.82) is 5.41 Å². The number of aryl methyl sites for hydroxylation is 1. The highest BCUT2D eigenvalue weighted by Crippen LogP contribution is 2.10. The van der Waals surface area contributed by atoms with Gasteiger partial charge in [-0.25, -0.2) is 0 Å². The van der Waals surface area contributed by atoms with Crippen LogP contribution >= 0.6 is 28.6 Å². The Kier molecular flexibility index (Phi) is 5.51. The number of carbonyl (C=O) groups is 1. The first-order valence-corrected chi connectivity index (χ1v) is 5.95. The SMILES string of the molecule is Br.Cc1cccn(CC(=O)c2ccc(Cl)cc2)c1=N. The van der Waals surface area contributed by atoms with Gasteiger partial charge < -0.3 is 4.57 Å². The Labute approximate surface area is 127 Å². The molecule has 0 unspecified atom stereocenters. The summed E-state index contributed by atoms with van der Waals surface area (Å²) in [6.07, 6.45) is 1.74. The third-order valence-electron chi connectivity index (χ3n) is 2.75. The molecule has 2 rings (SSSR count). The molecule has 0 saturated carbocycles. The van der Waals surface area contributed by atoms with Crippen LogP contribution in [0.15, 0.2) is 42.6 Å². The van der Waals surface area contributed by atoms with E-state index < -0.39 is 0 Å². The molecule has 19 heavy (non-hydrogen) atoms. The number of ketones is 1. The fourth-order valence-corrected chi connectivity index (χ4v) is 1.81. The Balaban J connectivity index is 0.00000180. The summed E-state index contributed by atoms with van der Waals surface area (Å²) in [6, 6.07) is 10.5. The molecule has 0 aliphatic carbocycles. The highest BCUT2D eigenvalue weighted by atomic mass is 79.9. The summed E-state index contributed by atoms with van der Waals surface area (Å²) >= 11 is 5.78. The maximum Gasteiger partial charge on any atom is 0.182 e. The number of halogens is 2. The Morgan fingerprint density at radius 1 is 1.26 bits per heavy atom. The monoisotopic (exact) mass is 340 g/mol. The van der Waals surface area contributed by atoms with E-state index in [-0.39, 0.29) is 29.3 Å². The molecule has 0 saturated heterocycles. The van der Waals surface area contributed by atoms with E-state index in [9.17, 15) is 4.79 Å². The number of carbonyl (C=O) groups excluding carboxylic acids is 1. The van der Waals surface area contributed by atoms with Gasteiger partial charge >= 0.3 is 0 Å². The number of rotatable bonds is 3. The van der Waals surface area contributed by atoms with Gasteiger partial charge in [0.25, 0.3) is 0 Å². The van der Waals surface area contributed by atoms with E-state index in [1.807, 2.05) is 19.1 Å². The van der Waals surface area contributed by atoms with Crippen molar-refractivity contribution in [1.82, 2.24) is 4.57 Å². The Morgan fingerprint density at radius 3 is 2.53 bits per heavy atom. The molecule has 5 heteroatoms. The molecule has 1 aromatic heterocycles. The lowest BCUT2D eigenvalue weighted by molar-refractivity contribution is 0.0970. The van der Waals surface area contributed by atoms with Gasteiger partial charge in [-0.15, -0.1) is 17.0 Å². The van der Waals surface area contributed by atoms with Gasteiger partial charge in [-0.3, -0.25) is 10.2 Å². The average Bonchev–Trinajstić information content (AvgIpc) is 2.36. The van der Waals surface area contributed by atoms with Gasteiger partial charge in [-0.1, -0.05) is 17.7 Å². The molecule has 0 radical (unpaired) electrons. The first-order valence-electron chi connectivity index (χ1n) is 5.57. The molecular formula is C14H14BrClN2O. The lowest BCUT2D eigenvalue weighted by atomic mass is 10.1. The zero-order valence-electron chi connectivity index (χ0n) is 10.4. The second kappa shape index (κ2) is 6.68. The lowest BCUT2D eigenvalue weighted by Crippen LogP contribution is -2.25. The molecule has 1 heterocycles. The Bertz CT molecular complexity index is 635. The number of hydrogen-bond donors (Lipinski definition) is 1. The number of benzene rings is 1. The van der Waals surface area contributed by atoms with E-state index in [4.69, 9.17) is 17.0 Å². The Morgan fingerprint density at radius 2 is 1.89 bits per heavy atom. The van der Waals surface area contributed by atoms with Crippen molar-refractivity contribution in [3.05, 3.63) is 64.2 Å². The van der Waals surface area contributed by atoms with Crippen LogP contribution in [-0.4, -0.2) is 10.4 Å². The van der Waals surface area contributed by atoms with Crippen molar-refractivity contribution in [2.75, 3.05) is 0 Å². The van der Waals surface area contributed by atoms with Crippen LogP contribution in [0.25, 0.3) is 0 Å². The molecule has 0 spiro atoms. The number of nitrogens with one attached hydrogen (secondary N) is 1. The van der Waals surface area contributed by atoms with Crippen molar-refractivity contribution in [2.24, 2.45) is 0 Å². The van der Waals surface area contributed by atoms with Crippen LogP contribution in [-0.2, 0) is 6.54 Å². The number of pyridine rings is 1. The minimum Gasteiger partial charge on any atom is -0.325 e. The van der Waals surface area contributed by atoms with Crippen molar-refractivity contribution in [3.8, 4) is 0 Å². The van der Waals surface area contributed by atoms with E-state index in [0.29, 0.717) is 16.1 Å². The molecule has 1 N–H and O–H groups in total. The van der Waals surface area contributed by atoms with E-state index in [1.165, 1.54) is 0 Å². The second-order valence-electron chi connectivity index (χ2n) is 4.10. The zero-order chi connectivity index (χ0) is 13.1. The van der Waals surface area contributed by atoms with Gasteiger partial charge in [0.05, 0.1) is 6.54 Å². The quantitative estimate of drug-likeness (QED) is 0.855. The molecule has 0 fully saturated rings. The van der Waals surface area contributed by atoms with Crippen molar-refractivity contribution in [3.63, 3.8) is 0 Å². The van der Waals surface area contributed by atoms with Crippen LogP contribution in [0.2, 0.25) is 5.02 Å². The zero-order valence-corrected chi connectivity index (χ0v) is 12.9. The predicted octanol–water partition coefficient (Wildman–Crippen LogP) is 3.39. The van der Waals surface area contributed by atoms with Gasteiger partial charge in [-0.05, 0) is 42.8 Å². The summed E-state index contributed by atoms with van der Waals surface area (Å²) in [5.41, 5.74) is 1.81. The summed E-state index contributed by atoms with van der Waals surface area (Å²) in [5.74, 6) is -0.0317. The molecule has 0 amide bonds. The fraction of sp³-hybridized carbons (Fsp3) is 0.143. The summed E-state index contributed by atoms with van der Waals surface area (Å²) in [4.78, 5) is 12.0. The smallest absolute Gasteiger partial charge is 0.182 e. The number of aromatic nitrogens is 1. The largest absolute Gasteiger partial charge is 0.325 e. The van der Waals surface area contributed by atoms with Crippen LogP contribution in [0, 0.1) is 12.3 Å². The summed E-state index contributed by atoms with van der Waals surface area (Å²) in [5, 5.41) is 8.48. The molecular weight excluding hydrogens is 328 g/mol. The molecule has 0 atom stereocenters. The molecule has 0 bridgehead atoms. The first-order chi connectivity index (χ1) is 8.58. The number of hydrogen-bond acceptors (Lipinski definition) is 2. The third-order valence-corrected chi connectivity index (χ3v) is 3.01. The maximum atomic E-state index is 12.0. The van der Waals surface area contributed by atoms with Crippen LogP contribution in [0.3, 0.4) is 0 Å². The van der Waals surface area contributed by atoms with E-state index in [1.54, 1.807) is 35.0 Å². The highest BCUT2D eigenvalue weighted by Gasteiger charge is 2.07. The molecule has 0 aliphatic rings. The van der Waals surface area contributed by atoms with Crippen molar-refractivity contribution < 1.29 is 4.79 Å². The van der Waals surface area contributed by atoms with Crippen molar-refractivity contribution in [2.45, 2.75) is 13.5 Å². The van der Waals surface area contributed by atoms with E-state index >= 15 is 0 Å². The van der Waals surface area contributed by atoms with Gasteiger partial charge in [0.15, 0.2) is 5.78 Å². The average molecular weight is 342 g/mol.